The number of thiophene rings is 1. The third-order valence-electron chi connectivity index (χ3n) is 3.63. The minimum absolute atomic E-state index is 0.0926. The summed E-state index contributed by atoms with van der Waals surface area (Å²) in [4.78, 5) is 47.1. The van der Waals surface area contributed by atoms with Gasteiger partial charge in [-0.25, -0.2) is 9.97 Å². The summed E-state index contributed by atoms with van der Waals surface area (Å²) >= 11 is 2.58. The molecule has 3 rings (SSSR count). The van der Waals surface area contributed by atoms with Gasteiger partial charge in [0, 0.05) is 11.8 Å². The van der Waals surface area contributed by atoms with Crippen LogP contribution in [-0.4, -0.2) is 26.2 Å². The highest BCUT2D eigenvalue weighted by Gasteiger charge is 2.16. The molecule has 0 radical (unpaired) electrons. The smallest absolute Gasteiger partial charge is 0.262 e. The Hall–Kier alpha value is -2.39. The highest BCUT2D eigenvalue weighted by atomic mass is 32.1. The summed E-state index contributed by atoms with van der Waals surface area (Å²) < 4.78 is 1.34. The fraction of sp³-hybridized carbons (Fsp3) is 0.312. The number of aromatic nitrogens is 3. The molecule has 0 atom stereocenters. The number of carbonyl (C=O) groups is 2. The molecule has 0 aliphatic heterocycles. The normalized spacial score (nSPS) is 11.0. The van der Waals surface area contributed by atoms with E-state index >= 15 is 0 Å². The number of nitrogens with zero attached hydrogens (tertiary/aromatic N) is 3. The number of rotatable bonds is 4. The number of carbonyl (C=O) groups excluding carboxylic acids is 2. The maximum atomic E-state index is 12.6. The number of nitrogens with one attached hydrogen (secondary N) is 1. The largest absolute Gasteiger partial charge is 0.300 e. The zero-order valence-corrected chi connectivity index (χ0v) is 15.8. The van der Waals surface area contributed by atoms with E-state index in [1.807, 2.05) is 6.92 Å². The number of hydrogen-bond acceptors (Lipinski definition) is 7. The van der Waals surface area contributed by atoms with Crippen LogP contribution in [0.15, 0.2) is 10.9 Å². The molecule has 0 saturated heterocycles. The van der Waals surface area contributed by atoms with Gasteiger partial charge in [-0.05, 0) is 26.8 Å². The Morgan fingerprint density at radius 2 is 1.92 bits per heavy atom. The molecule has 1 amide bonds. The molecule has 0 fully saturated rings. The fourth-order valence-corrected chi connectivity index (χ4v) is 4.30. The Morgan fingerprint density at radius 3 is 2.56 bits per heavy atom. The third kappa shape index (κ3) is 3.38. The molecule has 0 aromatic carbocycles. The number of amides is 1. The first-order chi connectivity index (χ1) is 11.8. The van der Waals surface area contributed by atoms with Gasteiger partial charge in [-0.3, -0.25) is 19.0 Å². The third-order valence-corrected chi connectivity index (χ3v) is 5.75. The monoisotopic (exact) mass is 376 g/mol. The lowest BCUT2D eigenvalue weighted by atomic mass is 10.3. The van der Waals surface area contributed by atoms with Gasteiger partial charge in [0.25, 0.3) is 5.56 Å². The van der Waals surface area contributed by atoms with Crippen molar-refractivity contribution in [3.05, 3.63) is 37.7 Å². The Kier molecular flexibility index (Phi) is 4.53. The zero-order chi connectivity index (χ0) is 18.3. The van der Waals surface area contributed by atoms with Gasteiger partial charge in [0.2, 0.25) is 5.91 Å². The van der Waals surface area contributed by atoms with E-state index in [1.165, 1.54) is 22.8 Å². The molecular weight excluding hydrogens is 360 g/mol. The van der Waals surface area contributed by atoms with E-state index in [0.717, 1.165) is 16.2 Å². The molecule has 0 aliphatic carbocycles. The van der Waals surface area contributed by atoms with Crippen molar-refractivity contribution in [2.75, 3.05) is 5.32 Å². The number of fused-ring (bicyclic) bond motifs is 1. The molecular formula is C16H16N4O3S2. The molecule has 7 nitrogen and oxygen atoms in total. The Labute approximate surface area is 151 Å². The fourth-order valence-electron chi connectivity index (χ4n) is 2.50. The molecule has 3 heterocycles. The first-order valence-electron chi connectivity index (χ1n) is 7.52. The minimum Gasteiger partial charge on any atom is -0.300 e. The van der Waals surface area contributed by atoms with Crippen LogP contribution in [-0.2, 0) is 11.3 Å². The maximum Gasteiger partial charge on any atom is 0.262 e. The topological polar surface area (TPSA) is 94.0 Å². The van der Waals surface area contributed by atoms with Crippen LogP contribution >= 0.6 is 22.7 Å². The molecule has 0 bridgehead atoms. The van der Waals surface area contributed by atoms with Crippen LogP contribution in [0, 0.1) is 20.8 Å². The van der Waals surface area contributed by atoms with E-state index < -0.39 is 0 Å². The summed E-state index contributed by atoms with van der Waals surface area (Å²) in [6, 6.07) is 1.78. The predicted octanol–water partition coefficient (Wildman–Crippen LogP) is 2.68. The molecule has 0 spiro atoms. The summed E-state index contributed by atoms with van der Waals surface area (Å²) in [5, 5.41) is 3.51. The average Bonchev–Trinajstić information content (AvgIpc) is 3.06. The van der Waals surface area contributed by atoms with Gasteiger partial charge in [-0.2, -0.15) is 0 Å². The van der Waals surface area contributed by atoms with Gasteiger partial charge in [0.15, 0.2) is 10.9 Å². The quantitative estimate of drug-likeness (QED) is 0.707. The van der Waals surface area contributed by atoms with E-state index in [9.17, 15) is 14.4 Å². The molecule has 130 valence electrons. The van der Waals surface area contributed by atoms with Crippen LogP contribution < -0.4 is 10.9 Å². The number of hydrogen-bond donors (Lipinski definition) is 1. The van der Waals surface area contributed by atoms with E-state index in [2.05, 4.69) is 15.3 Å². The number of thiazole rings is 1. The summed E-state index contributed by atoms with van der Waals surface area (Å²) in [6.45, 7) is 6.63. The molecule has 25 heavy (non-hydrogen) atoms. The SMILES string of the molecule is CC(=O)c1sc(NC(=O)Cn2c(C)nc3sc(C)cc3c2=O)nc1C. The van der Waals surface area contributed by atoms with Gasteiger partial charge < -0.3 is 5.32 Å². The first kappa shape index (κ1) is 17.4. The van der Waals surface area contributed by atoms with Crippen molar-refractivity contribution in [1.82, 2.24) is 14.5 Å². The Morgan fingerprint density at radius 1 is 1.20 bits per heavy atom. The van der Waals surface area contributed by atoms with Gasteiger partial charge in [0.1, 0.15) is 17.2 Å². The molecule has 3 aromatic heterocycles. The summed E-state index contributed by atoms with van der Waals surface area (Å²) in [5.41, 5.74) is 0.347. The first-order valence-corrected chi connectivity index (χ1v) is 9.15. The van der Waals surface area contributed by atoms with Crippen LogP contribution in [0.1, 0.15) is 33.0 Å². The number of aryl methyl sites for hydroxylation is 3. The minimum atomic E-state index is -0.387. The van der Waals surface area contributed by atoms with Gasteiger partial charge in [-0.1, -0.05) is 11.3 Å². The predicted molar refractivity (Wildman–Crippen MR) is 98.8 cm³/mol. The molecule has 3 aromatic rings. The molecule has 0 aliphatic rings. The van der Waals surface area contributed by atoms with Gasteiger partial charge in [0.05, 0.1) is 16.0 Å². The van der Waals surface area contributed by atoms with Crippen molar-refractivity contribution in [2.45, 2.75) is 34.2 Å². The van der Waals surface area contributed by atoms with E-state index in [-0.39, 0.29) is 23.8 Å². The highest BCUT2D eigenvalue weighted by molar-refractivity contribution is 7.18. The number of ketones is 1. The molecule has 9 heteroatoms. The summed E-state index contributed by atoms with van der Waals surface area (Å²) in [5.74, 6) is 0.00133. The van der Waals surface area contributed by atoms with Crippen molar-refractivity contribution in [3.8, 4) is 0 Å². The van der Waals surface area contributed by atoms with Gasteiger partial charge in [-0.15, -0.1) is 11.3 Å². The number of anilines is 1. The van der Waals surface area contributed by atoms with E-state index in [0.29, 0.717) is 31.7 Å². The molecule has 0 saturated carbocycles. The van der Waals surface area contributed by atoms with Crippen LogP contribution in [0.3, 0.4) is 0 Å². The molecule has 1 N–H and O–H groups in total. The van der Waals surface area contributed by atoms with Crippen LogP contribution in [0.5, 0.6) is 0 Å². The number of Topliss-reactive ketones (excluding diaryl/α,β-unsaturated/α-hetero) is 1. The van der Waals surface area contributed by atoms with Crippen LogP contribution in [0.4, 0.5) is 5.13 Å². The van der Waals surface area contributed by atoms with Crippen molar-refractivity contribution in [2.24, 2.45) is 0 Å². The lowest BCUT2D eigenvalue weighted by molar-refractivity contribution is -0.116. The zero-order valence-electron chi connectivity index (χ0n) is 14.2. The van der Waals surface area contributed by atoms with Crippen LogP contribution in [0.2, 0.25) is 0 Å². The lowest BCUT2D eigenvalue weighted by Crippen LogP contribution is -2.29. The average molecular weight is 376 g/mol. The standard InChI is InChI=1S/C16H16N4O3S2/c1-7-5-11-14(24-7)18-10(4)20(15(11)23)6-12(22)19-16-17-8(2)13(25-16)9(3)21/h5H,6H2,1-4H3,(H,17,19,22). The summed E-state index contributed by atoms with van der Waals surface area (Å²) in [7, 11) is 0. The van der Waals surface area contributed by atoms with Crippen LogP contribution in [0.25, 0.3) is 10.2 Å². The van der Waals surface area contributed by atoms with Crippen molar-refractivity contribution in [1.29, 1.82) is 0 Å². The van der Waals surface area contributed by atoms with Crippen molar-refractivity contribution in [3.63, 3.8) is 0 Å². The Bertz CT molecular complexity index is 1060. The second-order valence-corrected chi connectivity index (χ2v) is 7.90. The maximum absolute atomic E-state index is 12.6. The van der Waals surface area contributed by atoms with E-state index in [1.54, 1.807) is 19.9 Å². The second kappa shape index (κ2) is 6.49. The van der Waals surface area contributed by atoms with Crippen molar-refractivity contribution < 1.29 is 9.59 Å². The van der Waals surface area contributed by atoms with Gasteiger partial charge >= 0.3 is 0 Å². The second-order valence-electron chi connectivity index (χ2n) is 5.66. The Balaban J connectivity index is 1.86. The lowest BCUT2D eigenvalue weighted by Gasteiger charge is -2.08. The van der Waals surface area contributed by atoms with Crippen molar-refractivity contribution >= 4 is 49.7 Å². The van der Waals surface area contributed by atoms with E-state index in [4.69, 9.17) is 0 Å². The molecule has 0 unspecified atom stereocenters. The highest BCUT2D eigenvalue weighted by Crippen LogP contribution is 2.23. The summed E-state index contributed by atoms with van der Waals surface area (Å²) in [6.07, 6.45) is 0.